The summed E-state index contributed by atoms with van der Waals surface area (Å²) in [5.74, 6) is 0.0789. The van der Waals surface area contributed by atoms with Gasteiger partial charge in [-0.2, -0.15) is 8.42 Å². The number of aliphatic hydroxyl groups excluding tert-OH is 2. The number of aliphatic hydroxyl groups is 2. The van der Waals surface area contributed by atoms with Crippen LogP contribution in [0, 0.1) is 0 Å². The highest BCUT2D eigenvalue weighted by molar-refractivity contribution is 7.85. The highest BCUT2D eigenvalue weighted by Gasteiger charge is 2.45. The minimum atomic E-state index is -5.26. The molecule has 1 fully saturated rings. The van der Waals surface area contributed by atoms with Crippen LogP contribution in [0.15, 0.2) is 12.7 Å². The molecule has 27 heavy (non-hydrogen) atoms. The summed E-state index contributed by atoms with van der Waals surface area (Å²) in [6.45, 7) is -0.845. The maximum absolute atomic E-state index is 11.4. The fraction of sp³-hybridized carbons (Fsp3) is 0.500. The van der Waals surface area contributed by atoms with Gasteiger partial charge < -0.3 is 25.6 Å². The number of hydrogen-bond donors (Lipinski definition) is 5. The van der Waals surface area contributed by atoms with Crippen molar-refractivity contribution < 1.29 is 45.9 Å². The van der Waals surface area contributed by atoms with Crippen LogP contribution >= 0.6 is 7.82 Å². The smallest absolute Gasteiger partial charge is 0.387 e. The number of phosphoric acid groups is 1. The topological polar surface area (TPSA) is 229 Å². The summed E-state index contributed by atoms with van der Waals surface area (Å²) in [4.78, 5) is 20.9. The van der Waals surface area contributed by atoms with Crippen LogP contribution in [0.25, 0.3) is 11.2 Å². The quantitative estimate of drug-likeness (QED) is 0.247. The molecule has 0 spiro atoms. The zero-order valence-corrected chi connectivity index (χ0v) is 14.8. The van der Waals surface area contributed by atoms with Crippen molar-refractivity contribution in [3.05, 3.63) is 12.7 Å². The van der Waals surface area contributed by atoms with E-state index in [1.165, 1.54) is 10.9 Å². The van der Waals surface area contributed by atoms with Gasteiger partial charge in [-0.15, -0.1) is 3.97 Å². The molecule has 5 atom stereocenters. The maximum Gasteiger partial charge on any atom is 0.488 e. The minimum Gasteiger partial charge on any atom is -0.387 e. The van der Waals surface area contributed by atoms with E-state index in [1.54, 1.807) is 0 Å². The molecule has 0 amide bonds. The molecule has 1 saturated heterocycles. The van der Waals surface area contributed by atoms with E-state index >= 15 is 0 Å². The van der Waals surface area contributed by atoms with Gasteiger partial charge in [0.1, 0.15) is 30.2 Å². The Hall–Kier alpha value is -1.75. The van der Waals surface area contributed by atoms with E-state index in [4.69, 9.17) is 15.0 Å². The van der Waals surface area contributed by atoms with Crippen molar-refractivity contribution in [2.75, 3.05) is 12.3 Å². The summed E-state index contributed by atoms with van der Waals surface area (Å²) < 4.78 is 55.3. The Balaban J connectivity index is 1.76. The molecule has 0 aromatic carbocycles. The number of phosphoric ester groups is 1. The Morgan fingerprint density at radius 2 is 2.00 bits per heavy atom. The van der Waals surface area contributed by atoms with Gasteiger partial charge in [0.2, 0.25) is 0 Å². The third-order valence-electron chi connectivity index (χ3n) is 3.59. The molecule has 6 N–H and O–H groups in total. The molecule has 1 aliphatic heterocycles. The fourth-order valence-electron chi connectivity index (χ4n) is 2.46. The highest BCUT2D eigenvalue weighted by Crippen LogP contribution is 2.45. The van der Waals surface area contributed by atoms with E-state index in [1.807, 2.05) is 0 Å². The van der Waals surface area contributed by atoms with E-state index in [-0.39, 0.29) is 17.0 Å². The Morgan fingerprint density at radius 3 is 2.67 bits per heavy atom. The number of imidazole rings is 1. The second-order valence-corrected chi connectivity index (χ2v) is 8.04. The number of aromatic nitrogens is 4. The standard InChI is InChI=1S/C10H14N5O10PS/c11-8-5-9(13-2-12-8)15(3-14-5)10-7(17)6(16)4(24-10)1-23-26(18,19)25-27(20,21)22/h2-4,6-7,10,16-17H,1H2,(H,18,19)(H2,11,12,13)(H,20,21,22)/t4-,6-,7-,10-/m0/s1. The molecule has 3 heterocycles. The van der Waals surface area contributed by atoms with Gasteiger partial charge in [-0.25, -0.2) is 19.5 Å². The van der Waals surface area contributed by atoms with Crippen molar-refractivity contribution in [3.8, 4) is 0 Å². The van der Waals surface area contributed by atoms with Crippen molar-refractivity contribution in [2.45, 2.75) is 24.5 Å². The third kappa shape index (κ3) is 4.23. The molecular formula is C10H14N5O10PS. The molecular weight excluding hydrogens is 413 g/mol. The molecule has 150 valence electrons. The van der Waals surface area contributed by atoms with E-state index in [2.05, 4.69) is 23.4 Å². The van der Waals surface area contributed by atoms with Gasteiger partial charge in [-0.3, -0.25) is 13.6 Å². The highest BCUT2D eigenvalue weighted by atomic mass is 32.3. The number of nitrogens with zero attached hydrogens (tertiary/aromatic N) is 4. The van der Waals surface area contributed by atoms with Crippen molar-refractivity contribution in [3.63, 3.8) is 0 Å². The first-order valence-corrected chi connectivity index (χ1v) is 9.95. The van der Waals surface area contributed by atoms with E-state index in [0.29, 0.717) is 0 Å². The Morgan fingerprint density at radius 1 is 1.30 bits per heavy atom. The third-order valence-corrected chi connectivity index (χ3v) is 5.57. The molecule has 1 unspecified atom stereocenters. The van der Waals surface area contributed by atoms with Crippen LogP contribution < -0.4 is 5.73 Å². The lowest BCUT2D eigenvalue weighted by Crippen LogP contribution is -2.33. The number of fused-ring (bicyclic) bond motifs is 1. The zero-order chi connectivity index (χ0) is 20.0. The molecule has 1 aliphatic rings. The summed E-state index contributed by atoms with van der Waals surface area (Å²) in [6.07, 6.45) is -3.29. The first-order valence-electron chi connectivity index (χ1n) is 7.09. The molecule has 15 nitrogen and oxygen atoms in total. The van der Waals surface area contributed by atoms with Crippen molar-refractivity contribution in [1.29, 1.82) is 0 Å². The summed E-state index contributed by atoms with van der Waals surface area (Å²) in [6, 6.07) is 0. The second kappa shape index (κ2) is 7.01. The lowest BCUT2D eigenvalue weighted by molar-refractivity contribution is -0.0501. The first-order chi connectivity index (χ1) is 12.5. The van der Waals surface area contributed by atoms with Gasteiger partial charge in [0.25, 0.3) is 0 Å². The van der Waals surface area contributed by atoms with Crippen LogP contribution in [0.5, 0.6) is 0 Å². The van der Waals surface area contributed by atoms with Crippen LogP contribution in [0.4, 0.5) is 5.82 Å². The molecule has 2 aromatic heterocycles. The second-order valence-electron chi connectivity index (χ2n) is 5.40. The number of anilines is 1. The van der Waals surface area contributed by atoms with Gasteiger partial charge in [0.05, 0.1) is 12.9 Å². The molecule has 17 heteroatoms. The Bertz CT molecular complexity index is 997. The first kappa shape index (κ1) is 20.0. The Labute approximate surface area is 150 Å². The van der Waals surface area contributed by atoms with Crippen LogP contribution in [-0.2, 0) is 28.2 Å². The average Bonchev–Trinajstić information content (AvgIpc) is 3.07. The number of ether oxygens (including phenoxy) is 1. The molecule has 2 aromatic rings. The van der Waals surface area contributed by atoms with Gasteiger partial charge in [-0.05, 0) is 0 Å². The predicted molar refractivity (Wildman–Crippen MR) is 84.1 cm³/mol. The summed E-state index contributed by atoms with van der Waals surface area (Å²) in [7, 11) is -10.5. The lowest BCUT2D eigenvalue weighted by atomic mass is 10.1. The molecule has 0 saturated carbocycles. The summed E-state index contributed by atoms with van der Waals surface area (Å²) >= 11 is 0. The van der Waals surface area contributed by atoms with Crippen LogP contribution in [0.1, 0.15) is 6.23 Å². The van der Waals surface area contributed by atoms with Crippen LogP contribution in [-0.4, -0.2) is 72.5 Å². The van der Waals surface area contributed by atoms with Crippen LogP contribution in [0.2, 0.25) is 0 Å². The number of hydrogen-bond acceptors (Lipinski definition) is 12. The Kier molecular flexibility index (Phi) is 5.19. The van der Waals surface area contributed by atoms with E-state index < -0.39 is 49.4 Å². The largest absolute Gasteiger partial charge is 0.488 e. The van der Waals surface area contributed by atoms with Gasteiger partial charge in [0, 0.05) is 0 Å². The van der Waals surface area contributed by atoms with Gasteiger partial charge >= 0.3 is 18.2 Å². The predicted octanol–water partition coefficient (Wildman–Crippen LogP) is -2.04. The normalized spacial score (nSPS) is 28.4. The van der Waals surface area contributed by atoms with Crippen molar-refractivity contribution >= 4 is 35.2 Å². The van der Waals surface area contributed by atoms with Crippen LogP contribution in [0.3, 0.4) is 0 Å². The zero-order valence-electron chi connectivity index (χ0n) is 13.1. The number of nitrogen functional groups attached to an aromatic ring is 1. The molecule has 3 rings (SSSR count). The molecule has 0 bridgehead atoms. The minimum absolute atomic E-state index is 0.0789. The monoisotopic (exact) mass is 427 g/mol. The summed E-state index contributed by atoms with van der Waals surface area (Å²) in [5.41, 5.74) is 6.08. The van der Waals surface area contributed by atoms with Gasteiger partial charge in [0.15, 0.2) is 17.7 Å². The molecule has 0 radical (unpaired) electrons. The van der Waals surface area contributed by atoms with Crippen molar-refractivity contribution in [1.82, 2.24) is 19.5 Å². The van der Waals surface area contributed by atoms with E-state index in [9.17, 15) is 28.1 Å². The fourth-order valence-corrected chi connectivity index (χ4v) is 3.92. The summed E-state index contributed by atoms with van der Waals surface area (Å²) in [5, 5.41) is 20.2. The maximum atomic E-state index is 11.4. The van der Waals surface area contributed by atoms with Crippen molar-refractivity contribution in [2.24, 2.45) is 0 Å². The number of nitrogens with two attached hydrogens (primary N) is 1. The lowest BCUT2D eigenvalue weighted by Gasteiger charge is -2.16. The molecule has 0 aliphatic carbocycles. The van der Waals surface area contributed by atoms with E-state index in [0.717, 1.165) is 6.33 Å². The number of rotatable bonds is 6. The average molecular weight is 427 g/mol. The SMILES string of the molecule is Nc1ncnc2c1ncn2[C@H]1O[C@@H](COP(=O)(O)OS(=O)(=O)O)[C@H](O)[C@@H]1O. The van der Waals surface area contributed by atoms with Gasteiger partial charge in [-0.1, -0.05) is 0 Å².